The van der Waals surface area contributed by atoms with Gasteiger partial charge in [0.15, 0.2) is 9.84 Å². The SMILES string of the molecule is CC(CS(=O)(=O)CCC(=O)NCCN)C(=O)N([C@H](N)[C@@H](C)Cc1ccccc1)S(=O)(=O)c1ccc2ncsc2c1. The van der Waals surface area contributed by atoms with Gasteiger partial charge in [0, 0.05) is 19.5 Å². The number of fused-ring (bicyclic) bond motifs is 1. The van der Waals surface area contributed by atoms with E-state index in [2.05, 4.69) is 10.3 Å². The molecule has 0 fully saturated rings. The fourth-order valence-electron chi connectivity index (χ4n) is 4.17. The van der Waals surface area contributed by atoms with Gasteiger partial charge in [-0.25, -0.2) is 26.1 Å². The summed E-state index contributed by atoms with van der Waals surface area (Å²) >= 11 is 1.25. The zero-order valence-corrected chi connectivity index (χ0v) is 24.8. The molecule has 0 spiro atoms. The number of sulfone groups is 1. The maximum absolute atomic E-state index is 13.9. The van der Waals surface area contributed by atoms with Crippen LogP contribution in [0.4, 0.5) is 0 Å². The van der Waals surface area contributed by atoms with Crippen LogP contribution in [-0.2, 0) is 35.9 Å². The second-order valence-corrected chi connectivity index (χ2v) is 14.6. The number of carbonyl (C=O) groups excluding carboxylic acids is 2. The van der Waals surface area contributed by atoms with Crippen molar-refractivity contribution in [2.24, 2.45) is 23.3 Å². The number of thiazole rings is 1. The number of rotatable bonds is 14. The number of sulfonamides is 1. The fourth-order valence-corrected chi connectivity index (χ4v) is 8.21. The van der Waals surface area contributed by atoms with Crippen LogP contribution in [0.2, 0.25) is 0 Å². The highest BCUT2D eigenvalue weighted by molar-refractivity contribution is 7.91. The number of hydrogen-bond acceptors (Lipinski definition) is 10. The van der Waals surface area contributed by atoms with Gasteiger partial charge in [0.05, 0.1) is 44.2 Å². The molecule has 2 amide bonds. The van der Waals surface area contributed by atoms with E-state index < -0.39 is 61.2 Å². The zero-order chi connectivity index (χ0) is 29.5. The van der Waals surface area contributed by atoms with Gasteiger partial charge in [-0.2, -0.15) is 0 Å². The minimum Gasteiger partial charge on any atom is -0.355 e. The predicted octanol–water partition coefficient (Wildman–Crippen LogP) is 1.49. The van der Waals surface area contributed by atoms with E-state index in [1.165, 1.54) is 30.4 Å². The van der Waals surface area contributed by atoms with Crippen LogP contribution in [0, 0.1) is 11.8 Å². The van der Waals surface area contributed by atoms with Crippen LogP contribution in [0.25, 0.3) is 10.2 Å². The highest BCUT2D eigenvalue weighted by atomic mass is 32.2. The second-order valence-electron chi connectivity index (χ2n) is 9.68. The molecule has 0 aliphatic rings. The molecule has 3 atom stereocenters. The van der Waals surface area contributed by atoms with Crippen molar-refractivity contribution < 1.29 is 26.4 Å². The van der Waals surface area contributed by atoms with Crippen LogP contribution in [0.1, 0.15) is 25.8 Å². The molecule has 0 radical (unpaired) electrons. The summed E-state index contributed by atoms with van der Waals surface area (Å²) in [7, 11) is -8.36. The van der Waals surface area contributed by atoms with E-state index in [-0.39, 0.29) is 24.4 Å². The average Bonchev–Trinajstić information content (AvgIpc) is 3.39. The van der Waals surface area contributed by atoms with E-state index in [1.807, 2.05) is 30.3 Å². The molecule has 1 unspecified atom stereocenters. The number of nitrogens with zero attached hydrogens (tertiary/aromatic N) is 2. The van der Waals surface area contributed by atoms with Gasteiger partial charge in [-0.1, -0.05) is 44.2 Å². The average molecular weight is 610 g/mol. The molecule has 40 heavy (non-hydrogen) atoms. The first kappa shape index (κ1) is 31.6. The third-order valence-electron chi connectivity index (χ3n) is 6.36. The minimum atomic E-state index is -4.48. The summed E-state index contributed by atoms with van der Waals surface area (Å²) < 4.78 is 54.6. The van der Waals surface area contributed by atoms with Crippen LogP contribution in [0.5, 0.6) is 0 Å². The van der Waals surface area contributed by atoms with Crippen molar-refractivity contribution in [3.8, 4) is 0 Å². The smallest absolute Gasteiger partial charge is 0.267 e. The van der Waals surface area contributed by atoms with E-state index in [0.29, 0.717) is 20.9 Å². The maximum Gasteiger partial charge on any atom is 0.267 e. The predicted molar refractivity (Wildman–Crippen MR) is 155 cm³/mol. The first-order valence-corrected chi connectivity index (χ1v) is 16.9. The summed E-state index contributed by atoms with van der Waals surface area (Å²) in [6.45, 7) is 3.51. The summed E-state index contributed by atoms with van der Waals surface area (Å²) in [5.74, 6) is -4.29. The molecule has 1 heterocycles. The monoisotopic (exact) mass is 609 g/mol. The lowest BCUT2D eigenvalue weighted by Crippen LogP contribution is -2.55. The van der Waals surface area contributed by atoms with Crippen molar-refractivity contribution in [2.75, 3.05) is 24.6 Å². The van der Waals surface area contributed by atoms with Gasteiger partial charge >= 0.3 is 0 Å². The topological polar surface area (TPSA) is 183 Å². The Hall–Kier alpha value is -2.91. The van der Waals surface area contributed by atoms with Crippen molar-refractivity contribution >= 4 is 53.2 Å². The van der Waals surface area contributed by atoms with E-state index in [0.717, 1.165) is 5.56 Å². The highest BCUT2D eigenvalue weighted by Crippen LogP contribution is 2.28. The molecule has 3 aromatic rings. The van der Waals surface area contributed by atoms with E-state index in [4.69, 9.17) is 11.5 Å². The molecule has 0 saturated heterocycles. The van der Waals surface area contributed by atoms with Crippen molar-refractivity contribution in [3.05, 3.63) is 59.6 Å². The largest absolute Gasteiger partial charge is 0.355 e. The molecule has 0 aliphatic carbocycles. The van der Waals surface area contributed by atoms with Gasteiger partial charge in [-0.3, -0.25) is 9.59 Å². The van der Waals surface area contributed by atoms with Crippen LogP contribution in [0.3, 0.4) is 0 Å². The normalized spacial score (nSPS) is 14.4. The second kappa shape index (κ2) is 13.6. The molecular formula is C26H35N5O6S3. The van der Waals surface area contributed by atoms with E-state index in [1.54, 1.807) is 18.5 Å². The van der Waals surface area contributed by atoms with Crippen LogP contribution < -0.4 is 16.8 Å². The van der Waals surface area contributed by atoms with Gasteiger partial charge in [0.25, 0.3) is 10.0 Å². The van der Waals surface area contributed by atoms with E-state index in [9.17, 15) is 26.4 Å². The summed E-state index contributed by atoms with van der Waals surface area (Å²) in [6.07, 6.45) is -1.19. The highest BCUT2D eigenvalue weighted by Gasteiger charge is 2.39. The third-order valence-corrected chi connectivity index (χ3v) is 10.8. The first-order valence-electron chi connectivity index (χ1n) is 12.7. The van der Waals surface area contributed by atoms with E-state index >= 15 is 0 Å². The lowest BCUT2D eigenvalue weighted by Gasteiger charge is -2.34. The molecular weight excluding hydrogens is 575 g/mol. The quantitative estimate of drug-likeness (QED) is 0.228. The molecule has 218 valence electrons. The summed E-state index contributed by atoms with van der Waals surface area (Å²) in [6, 6.07) is 13.6. The number of hydrogen-bond donors (Lipinski definition) is 3. The molecule has 1 aromatic heterocycles. The Balaban J connectivity index is 1.89. The maximum atomic E-state index is 13.9. The number of nitrogens with two attached hydrogens (primary N) is 2. The summed E-state index contributed by atoms with van der Waals surface area (Å²) in [5, 5.41) is 2.49. The van der Waals surface area contributed by atoms with Gasteiger partial charge in [0.1, 0.15) is 0 Å². The number of benzene rings is 2. The van der Waals surface area contributed by atoms with Crippen molar-refractivity contribution in [1.29, 1.82) is 0 Å². The van der Waals surface area contributed by atoms with Gasteiger partial charge in [-0.15, -0.1) is 11.3 Å². The Morgan fingerprint density at radius 2 is 1.77 bits per heavy atom. The molecule has 5 N–H and O–H groups in total. The number of carbonyl (C=O) groups is 2. The summed E-state index contributed by atoms with van der Waals surface area (Å²) in [5.41, 5.74) is 14.9. The van der Waals surface area contributed by atoms with Crippen molar-refractivity contribution in [3.63, 3.8) is 0 Å². The molecule has 2 aromatic carbocycles. The molecule has 0 saturated carbocycles. The molecule has 3 rings (SSSR count). The van der Waals surface area contributed by atoms with Crippen molar-refractivity contribution in [1.82, 2.24) is 14.6 Å². The fraction of sp³-hybridized carbons (Fsp3) is 0.423. The Labute approximate surface area is 238 Å². The molecule has 0 bridgehead atoms. The van der Waals surface area contributed by atoms with Crippen molar-refractivity contribution in [2.45, 2.75) is 37.8 Å². The molecule has 14 heteroatoms. The minimum absolute atomic E-state index is 0.147. The van der Waals surface area contributed by atoms with Gasteiger partial charge in [0.2, 0.25) is 11.8 Å². The third kappa shape index (κ3) is 8.07. The standard InChI is InChI=1S/C26H35N5O6S3/c1-18(14-20-6-4-3-5-7-20)25(28)31(40(36,37)21-8-9-22-23(15-21)38-17-30-22)26(33)19(2)16-39(34,35)13-10-24(32)29-12-11-27/h3-9,15,17-19,25H,10-14,16,27-28H2,1-2H3,(H,29,32)/t18-,19?,25-/m0/s1. The van der Waals surface area contributed by atoms with Crippen LogP contribution in [-0.4, -0.2) is 68.7 Å². The number of amides is 2. The Morgan fingerprint density at radius 3 is 2.45 bits per heavy atom. The summed E-state index contributed by atoms with van der Waals surface area (Å²) in [4.78, 5) is 29.6. The number of aromatic nitrogens is 1. The molecule has 11 nitrogen and oxygen atoms in total. The van der Waals surface area contributed by atoms with Crippen LogP contribution in [0.15, 0.2) is 58.9 Å². The molecule has 0 aliphatic heterocycles. The Bertz CT molecular complexity index is 1530. The lowest BCUT2D eigenvalue weighted by atomic mass is 9.98. The Morgan fingerprint density at radius 1 is 1.07 bits per heavy atom. The first-order chi connectivity index (χ1) is 18.9. The van der Waals surface area contributed by atoms with Gasteiger partial charge < -0.3 is 16.8 Å². The van der Waals surface area contributed by atoms with Gasteiger partial charge in [-0.05, 0) is 36.1 Å². The van der Waals surface area contributed by atoms with Crippen LogP contribution >= 0.6 is 11.3 Å². The Kier molecular flexibility index (Phi) is 10.8. The number of nitrogens with one attached hydrogen (secondary N) is 1. The lowest BCUT2D eigenvalue weighted by molar-refractivity contribution is -0.131. The zero-order valence-electron chi connectivity index (χ0n) is 22.4.